The number of aryl methyl sites for hydroxylation is 1. The molecule has 0 atom stereocenters. The van der Waals surface area contributed by atoms with Crippen LogP contribution in [-0.4, -0.2) is 35.5 Å². The molecule has 0 fully saturated rings. The second-order valence-electron chi connectivity index (χ2n) is 26.8. The molecule has 5 heteroatoms. The minimum absolute atomic E-state index is 0.816. The van der Waals surface area contributed by atoms with Gasteiger partial charge in [-0.05, 0) is 261 Å². The van der Waals surface area contributed by atoms with Gasteiger partial charge in [0.15, 0.2) is 0 Å². The molecule has 13 aromatic carbocycles. The van der Waals surface area contributed by atoms with Crippen LogP contribution in [0, 0.1) is 0 Å². The fraction of sp³-hybridized carbons (Fsp3) is 0.0667. The van der Waals surface area contributed by atoms with Gasteiger partial charge >= 0.3 is 0 Å². The molecule has 0 aliphatic carbocycles. The lowest BCUT2D eigenvalue weighted by Crippen LogP contribution is -1.98. The highest BCUT2D eigenvalue weighted by Crippen LogP contribution is 2.38. The van der Waals surface area contributed by atoms with E-state index in [9.17, 15) is 0 Å². The Morgan fingerprint density at radius 3 is 0.609 bits per heavy atom. The molecular formula is C105H88O5. The molecule has 13 aromatic rings. The van der Waals surface area contributed by atoms with E-state index in [-0.39, 0.29) is 0 Å². The van der Waals surface area contributed by atoms with Crippen LogP contribution >= 0.6 is 0 Å². The van der Waals surface area contributed by atoms with Crippen LogP contribution in [0.1, 0.15) is 135 Å². The summed E-state index contributed by atoms with van der Waals surface area (Å²) in [4.78, 5) is 0. The molecule has 0 aliphatic heterocycles. The summed E-state index contributed by atoms with van der Waals surface area (Å²) in [5.74, 6) is 4.09. The quantitative estimate of drug-likeness (QED) is 0.0457. The Hall–Kier alpha value is -13.7. The maximum atomic E-state index is 5.56. The summed E-state index contributed by atoms with van der Waals surface area (Å²) in [7, 11) is 8.49. The van der Waals surface area contributed by atoms with Crippen molar-refractivity contribution < 1.29 is 23.7 Å². The summed E-state index contributed by atoms with van der Waals surface area (Å²) in [6.07, 6.45) is 40.1. The van der Waals surface area contributed by atoms with E-state index in [1.165, 1.54) is 11.1 Å². The van der Waals surface area contributed by atoms with E-state index in [4.69, 9.17) is 23.7 Å². The van der Waals surface area contributed by atoms with E-state index in [0.717, 1.165) is 163 Å². The summed E-state index contributed by atoms with van der Waals surface area (Å²) in [5.41, 5.74) is 27.3. The molecule has 0 N–H and O–H groups in total. The molecular weight excluding hydrogens is 1340 g/mol. The Morgan fingerprint density at radius 1 is 0.182 bits per heavy atom. The van der Waals surface area contributed by atoms with Gasteiger partial charge in [-0.3, -0.25) is 0 Å². The van der Waals surface area contributed by atoms with Crippen LogP contribution < -0.4 is 23.7 Å². The van der Waals surface area contributed by atoms with E-state index >= 15 is 0 Å². The predicted octanol–water partition coefficient (Wildman–Crippen LogP) is 26.8. The zero-order valence-electron chi connectivity index (χ0n) is 63.0. The molecule has 0 saturated heterocycles. The van der Waals surface area contributed by atoms with Gasteiger partial charge in [-0.1, -0.05) is 304 Å². The second kappa shape index (κ2) is 37.5. The van der Waals surface area contributed by atoms with Gasteiger partial charge in [0.2, 0.25) is 0 Å². The van der Waals surface area contributed by atoms with Crippen LogP contribution in [0.4, 0.5) is 0 Å². The van der Waals surface area contributed by atoms with Gasteiger partial charge in [0.1, 0.15) is 28.7 Å². The van der Waals surface area contributed by atoms with Crippen LogP contribution in [0.5, 0.6) is 28.7 Å². The first kappa shape index (κ1) is 74.5. The van der Waals surface area contributed by atoms with Crippen molar-refractivity contribution in [2.45, 2.75) is 13.3 Å². The van der Waals surface area contributed by atoms with E-state index in [1.54, 1.807) is 35.5 Å². The first-order valence-corrected chi connectivity index (χ1v) is 37.1. The maximum absolute atomic E-state index is 5.56. The highest BCUT2D eigenvalue weighted by Gasteiger charge is 2.17. The number of hydrogen-bond donors (Lipinski definition) is 0. The molecule has 0 bridgehead atoms. The van der Waals surface area contributed by atoms with E-state index in [1.807, 2.05) is 84.9 Å². The fourth-order valence-corrected chi connectivity index (χ4v) is 13.1. The Balaban J connectivity index is 0.866. The molecule has 0 saturated carbocycles. The van der Waals surface area contributed by atoms with Crippen molar-refractivity contribution in [1.29, 1.82) is 0 Å². The monoisotopic (exact) mass is 1430 g/mol. The van der Waals surface area contributed by atoms with Crippen molar-refractivity contribution in [1.82, 2.24) is 0 Å². The summed E-state index contributed by atoms with van der Waals surface area (Å²) >= 11 is 0. The van der Waals surface area contributed by atoms with Crippen LogP contribution in [-0.2, 0) is 6.42 Å². The summed E-state index contributed by atoms with van der Waals surface area (Å²) in [6.45, 7) is 2.19. The first-order chi connectivity index (χ1) is 54.1. The molecule has 538 valence electrons. The minimum Gasteiger partial charge on any atom is -0.497 e. The minimum atomic E-state index is 0.816. The lowest BCUT2D eigenvalue weighted by Gasteiger charge is -2.19. The van der Waals surface area contributed by atoms with Crippen LogP contribution in [0.25, 0.3) is 121 Å². The van der Waals surface area contributed by atoms with Crippen molar-refractivity contribution in [3.8, 4) is 28.7 Å². The summed E-state index contributed by atoms with van der Waals surface area (Å²) in [6, 6.07) is 107. The number of rotatable bonds is 28. The van der Waals surface area contributed by atoms with Crippen molar-refractivity contribution in [2.24, 2.45) is 0 Å². The summed E-state index contributed by atoms with van der Waals surface area (Å²) in [5, 5.41) is 0. The lowest BCUT2D eigenvalue weighted by molar-refractivity contribution is 0.414. The molecule has 0 aliphatic rings. The van der Waals surface area contributed by atoms with E-state index < -0.39 is 0 Å². The van der Waals surface area contributed by atoms with Crippen molar-refractivity contribution in [3.05, 3.63) is 431 Å². The number of benzene rings is 13. The van der Waals surface area contributed by atoms with Gasteiger partial charge in [0.05, 0.1) is 35.5 Å². The van der Waals surface area contributed by atoms with Gasteiger partial charge in [-0.2, -0.15) is 0 Å². The molecule has 0 aromatic heterocycles. The number of ether oxygens (including phenoxy) is 5. The standard InChI is InChI=1S/C105H88O5/c1-7-76-17-11-18-80(61-76)34-43-89-62-86(63-90(68-89)44-35-81-19-12-26-99(71-81)106-2)40-32-78-51-57-97(58-52-78)105(98-59-53-79(54-60-98)33-42-88-66-93(47-38-84-22-15-29-102(74-84)109-5)70-94(67-88)48-39-85-23-16-30-103(75-85)110-6)104(95-24-9-8-10-25-95)96-55-49-77(50-56-96)31-41-87-64-91(45-36-82-20-13-27-100(72-82)107-3)69-92(65-87)46-37-83-21-14-28-101(73-83)108-4/h8-75H,7H2,1-6H3/b40-32+,41-31+,42-33+,43-34+,44-35+,45-36+,46-37+,47-38+,48-39+,105-104+. The zero-order valence-corrected chi connectivity index (χ0v) is 63.0. The molecule has 0 spiro atoms. The van der Waals surface area contributed by atoms with Gasteiger partial charge in [-0.25, -0.2) is 0 Å². The van der Waals surface area contributed by atoms with Crippen molar-refractivity contribution in [3.63, 3.8) is 0 Å². The Morgan fingerprint density at radius 2 is 0.382 bits per heavy atom. The van der Waals surface area contributed by atoms with Gasteiger partial charge in [0.25, 0.3) is 0 Å². The molecule has 0 amide bonds. The topological polar surface area (TPSA) is 46.2 Å². The first-order valence-electron chi connectivity index (χ1n) is 37.1. The third-order valence-electron chi connectivity index (χ3n) is 19.0. The Bertz CT molecular complexity index is 5190. The van der Waals surface area contributed by atoms with Crippen LogP contribution in [0.3, 0.4) is 0 Å². The van der Waals surface area contributed by atoms with E-state index in [2.05, 4.69) is 335 Å². The Labute approximate surface area is 649 Å². The van der Waals surface area contributed by atoms with Crippen molar-refractivity contribution in [2.75, 3.05) is 35.5 Å². The van der Waals surface area contributed by atoms with Gasteiger partial charge in [-0.15, -0.1) is 0 Å². The van der Waals surface area contributed by atoms with Crippen molar-refractivity contribution >= 4 is 121 Å². The van der Waals surface area contributed by atoms with Crippen LogP contribution in [0.2, 0.25) is 0 Å². The Kier molecular flexibility index (Phi) is 25.4. The fourth-order valence-electron chi connectivity index (χ4n) is 13.1. The lowest BCUT2D eigenvalue weighted by atomic mass is 9.85. The third-order valence-corrected chi connectivity index (χ3v) is 19.0. The maximum Gasteiger partial charge on any atom is 0.119 e. The molecule has 0 unspecified atom stereocenters. The molecule has 5 nitrogen and oxygen atoms in total. The molecule has 0 heterocycles. The highest BCUT2D eigenvalue weighted by atomic mass is 16.5. The normalized spacial score (nSPS) is 12.1. The summed E-state index contributed by atoms with van der Waals surface area (Å²) < 4.78 is 27.8. The average Bonchev–Trinajstić information content (AvgIpc) is 0.778. The SMILES string of the molecule is CCc1cccc(/C=C/c2cc(/C=C/c3ccc(/C(=C(/c4ccccc4)c4ccc(/C=C/c5cc(/C=C/c6cccc(OC)c6)cc(/C=C/c6cccc(OC)c6)c5)cc4)c4ccc(/C=C/c5cc(/C=C/c6cccc(OC)c6)cc(/C=C/c6cccc(OC)c6)c5)cc4)cc3)cc(/C=C/c3cccc(OC)c3)c2)c1. The highest BCUT2D eigenvalue weighted by molar-refractivity contribution is 6.05. The molecule has 110 heavy (non-hydrogen) atoms. The zero-order chi connectivity index (χ0) is 75.6. The predicted molar refractivity (Wildman–Crippen MR) is 471 cm³/mol. The third kappa shape index (κ3) is 21.1. The molecule has 13 rings (SSSR count). The largest absolute Gasteiger partial charge is 0.497 e. The smallest absolute Gasteiger partial charge is 0.119 e. The number of methoxy groups -OCH3 is 5. The average molecular weight is 1430 g/mol. The molecule has 0 radical (unpaired) electrons. The second-order valence-corrected chi connectivity index (χ2v) is 26.8. The van der Waals surface area contributed by atoms with Crippen LogP contribution in [0.15, 0.2) is 303 Å². The van der Waals surface area contributed by atoms with Gasteiger partial charge < -0.3 is 23.7 Å². The van der Waals surface area contributed by atoms with Gasteiger partial charge in [0, 0.05) is 0 Å². The number of hydrogen-bond acceptors (Lipinski definition) is 5. The van der Waals surface area contributed by atoms with E-state index in [0.29, 0.717) is 0 Å².